The summed E-state index contributed by atoms with van der Waals surface area (Å²) in [4.78, 5) is 4.93. The van der Waals surface area contributed by atoms with Gasteiger partial charge >= 0.3 is 6.18 Å². The van der Waals surface area contributed by atoms with Gasteiger partial charge in [-0.25, -0.2) is 0 Å². The van der Waals surface area contributed by atoms with Crippen molar-refractivity contribution in [2.75, 3.05) is 25.9 Å². The van der Waals surface area contributed by atoms with E-state index in [9.17, 15) is 13.2 Å². The van der Waals surface area contributed by atoms with Crippen LogP contribution in [0.25, 0.3) is 0 Å². The van der Waals surface area contributed by atoms with Crippen molar-refractivity contribution in [3.8, 4) is 0 Å². The largest absolute Gasteiger partial charge is 0.416 e. The molecule has 0 amide bonds. The van der Waals surface area contributed by atoms with E-state index in [0.29, 0.717) is 24.3 Å². The summed E-state index contributed by atoms with van der Waals surface area (Å²) in [5.74, 6) is 1.33. The smallest absolute Gasteiger partial charge is 0.299 e. The summed E-state index contributed by atoms with van der Waals surface area (Å²) in [6.07, 6.45) is 0.462. The van der Waals surface area contributed by atoms with Crippen molar-refractivity contribution in [2.45, 2.75) is 51.2 Å². The van der Waals surface area contributed by atoms with Gasteiger partial charge in [0.2, 0.25) is 0 Å². The zero-order chi connectivity index (χ0) is 19.8. The number of benzene rings is 1. The third-order valence-corrected chi connectivity index (χ3v) is 9.78. The van der Waals surface area contributed by atoms with Crippen molar-refractivity contribution in [1.82, 2.24) is 9.80 Å². The topological polar surface area (TPSA) is 6.48 Å². The van der Waals surface area contributed by atoms with Gasteiger partial charge in [0.25, 0.3) is 0 Å². The van der Waals surface area contributed by atoms with Gasteiger partial charge in [-0.15, -0.1) is 8.86 Å². The minimum atomic E-state index is -4.27. The van der Waals surface area contributed by atoms with E-state index in [1.165, 1.54) is 29.9 Å². The van der Waals surface area contributed by atoms with Gasteiger partial charge in [0.1, 0.15) is 0 Å². The first-order valence-corrected chi connectivity index (χ1v) is 11.9. The zero-order valence-electron chi connectivity index (χ0n) is 16.3. The fourth-order valence-electron chi connectivity index (χ4n) is 4.49. The fraction of sp³-hybridized carbons (Fsp3) is 0.650. The van der Waals surface area contributed by atoms with E-state index in [1.54, 1.807) is 12.1 Å². The van der Waals surface area contributed by atoms with Crippen LogP contribution in [0.1, 0.15) is 37.8 Å². The highest BCUT2D eigenvalue weighted by atomic mass is 31.1. The van der Waals surface area contributed by atoms with Crippen LogP contribution in [-0.2, 0) is 12.7 Å². The van der Waals surface area contributed by atoms with Crippen molar-refractivity contribution in [2.24, 2.45) is 5.92 Å². The van der Waals surface area contributed by atoms with E-state index in [4.69, 9.17) is 0 Å². The van der Waals surface area contributed by atoms with Crippen LogP contribution in [0.3, 0.4) is 0 Å². The lowest BCUT2D eigenvalue weighted by atomic mass is 9.99. The van der Waals surface area contributed by atoms with Crippen molar-refractivity contribution >= 4 is 22.2 Å². The van der Waals surface area contributed by atoms with Crippen molar-refractivity contribution < 1.29 is 13.2 Å². The predicted molar refractivity (Wildman–Crippen MR) is 111 cm³/mol. The van der Waals surface area contributed by atoms with E-state index < -0.39 is 11.7 Å². The molecule has 2 nitrogen and oxygen atoms in total. The van der Waals surface area contributed by atoms with E-state index in [2.05, 4.69) is 39.6 Å². The van der Waals surface area contributed by atoms with Crippen LogP contribution in [0.2, 0.25) is 0 Å². The predicted octanol–water partition coefficient (Wildman–Crippen LogP) is 5.35. The van der Waals surface area contributed by atoms with Crippen molar-refractivity contribution in [3.05, 3.63) is 35.4 Å². The van der Waals surface area contributed by atoms with Gasteiger partial charge in [-0.1, -0.05) is 33.9 Å². The highest BCUT2D eigenvalue weighted by molar-refractivity contribution is 7.59. The number of nitrogens with zero attached hydrogens (tertiary/aromatic N) is 2. The molecule has 0 N–H and O–H groups in total. The van der Waals surface area contributed by atoms with Gasteiger partial charge in [0.15, 0.2) is 0 Å². The number of halogens is 3. The molecule has 2 aliphatic rings. The molecule has 0 bridgehead atoms. The molecule has 0 aromatic heterocycles. The average molecular weight is 416 g/mol. The Balaban J connectivity index is 1.62. The minimum Gasteiger partial charge on any atom is -0.299 e. The number of hydrogen-bond donors (Lipinski definition) is 0. The van der Waals surface area contributed by atoms with Crippen LogP contribution in [-0.4, -0.2) is 53.0 Å². The molecule has 4 atom stereocenters. The fourth-order valence-corrected chi connectivity index (χ4v) is 8.45. The molecule has 0 saturated carbocycles. The first kappa shape index (κ1) is 21.2. The third-order valence-electron chi connectivity index (χ3n) is 5.94. The maximum atomic E-state index is 12.7. The summed E-state index contributed by atoms with van der Waals surface area (Å²) in [6.45, 7) is 6.42. The third kappa shape index (κ3) is 4.75. The maximum absolute atomic E-state index is 12.7. The highest BCUT2D eigenvalue weighted by Crippen LogP contribution is 2.56. The van der Waals surface area contributed by atoms with Gasteiger partial charge in [-0.2, -0.15) is 13.2 Å². The molecule has 0 aliphatic carbocycles. The summed E-state index contributed by atoms with van der Waals surface area (Å²) in [6, 6.07) is 6.14. The second-order valence-electron chi connectivity index (χ2n) is 7.88. The number of hydrogen-bond acceptors (Lipinski definition) is 1. The lowest BCUT2D eigenvalue weighted by Gasteiger charge is -2.44. The van der Waals surface area contributed by atoms with E-state index in [1.807, 2.05) is 0 Å². The SMILES string of the molecule is CCC(=P)N1CCP2CC(N(C)Cc3ccc(C(F)(F)F)cc3)CC(C)[C@@H]12. The second-order valence-corrected chi connectivity index (χ2v) is 11.0. The Hall–Kier alpha value is -0.470. The molecule has 1 aromatic carbocycles. The molecule has 27 heavy (non-hydrogen) atoms. The molecule has 0 spiro atoms. The Morgan fingerprint density at radius 3 is 2.56 bits per heavy atom. The first-order valence-electron chi connectivity index (χ1n) is 9.65. The number of alkyl halides is 3. The second kappa shape index (κ2) is 8.49. The van der Waals surface area contributed by atoms with Gasteiger partial charge in [0.05, 0.1) is 5.56 Å². The summed E-state index contributed by atoms with van der Waals surface area (Å²) < 4.78 is 38.2. The molecule has 2 saturated heterocycles. The first-order chi connectivity index (χ1) is 12.7. The molecule has 150 valence electrons. The summed E-state index contributed by atoms with van der Waals surface area (Å²) >= 11 is 0. The number of fused-ring (bicyclic) bond motifs is 1. The lowest BCUT2D eigenvalue weighted by molar-refractivity contribution is -0.137. The monoisotopic (exact) mass is 416 g/mol. The molecule has 3 unspecified atom stereocenters. The van der Waals surface area contributed by atoms with Gasteiger partial charge in [0, 0.05) is 30.3 Å². The van der Waals surface area contributed by atoms with E-state index in [0.717, 1.165) is 24.9 Å². The Morgan fingerprint density at radius 1 is 1.30 bits per heavy atom. The standard InChI is InChI=1S/C20H29F3N2P2/c1-4-18(26)25-9-10-27-13-17(11-14(2)19(25)27)24(3)12-15-5-7-16(8-6-15)20(21,22)23/h5-8,14,17,19,26H,4,9-13H2,1-3H3/t14?,17?,19-,27?/m0/s1. The normalized spacial score (nSPS) is 29.1. The lowest BCUT2D eigenvalue weighted by Crippen LogP contribution is -2.45. The molecule has 2 aliphatic heterocycles. The molecule has 0 radical (unpaired) electrons. The Bertz CT molecular complexity index is 662. The Kier molecular flexibility index (Phi) is 6.68. The molecule has 1 aromatic rings. The van der Waals surface area contributed by atoms with Gasteiger partial charge < -0.3 is 0 Å². The Morgan fingerprint density at radius 2 is 1.96 bits per heavy atom. The molecular weight excluding hydrogens is 387 g/mol. The summed E-state index contributed by atoms with van der Waals surface area (Å²) in [5.41, 5.74) is 1.70. The minimum absolute atomic E-state index is 0.0199. The maximum Gasteiger partial charge on any atom is 0.416 e. The van der Waals surface area contributed by atoms with E-state index in [-0.39, 0.29) is 7.92 Å². The molecule has 2 fully saturated rings. The zero-order valence-corrected chi connectivity index (χ0v) is 18.2. The van der Waals surface area contributed by atoms with Crippen LogP contribution in [0, 0.1) is 5.92 Å². The molecule has 2 heterocycles. The van der Waals surface area contributed by atoms with E-state index >= 15 is 0 Å². The molecule has 3 rings (SSSR count). The average Bonchev–Trinajstić information content (AvgIpc) is 3.05. The number of rotatable bonds is 5. The van der Waals surface area contributed by atoms with Crippen LogP contribution in [0.5, 0.6) is 0 Å². The quantitative estimate of drug-likeness (QED) is 0.597. The highest BCUT2D eigenvalue weighted by Gasteiger charge is 2.44. The molecule has 7 heteroatoms. The van der Waals surface area contributed by atoms with Crippen molar-refractivity contribution in [1.29, 1.82) is 0 Å². The van der Waals surface area contributed by atoms with Crippen molar-refractivity contribution in [3.63, 3.8) is 0 Å². The van der Waals surface area contributed by atoms with Crippen LogP contribution < -0.4 is 0 Å². The summed E-state index contributed by atoms with van der Waals surface area (Å²) in [7, 11) is 5.92. The Labute approximate surface area is 164 Å². The summed E-state index contributed by atoms with van der Waals surface area (Å²) in [5, 5.41) is 0. The van der Waals surface area contributed by atoms with Gasteiger partial charge in [-0.05, 0) is 55.8 Å². The molecular formula is C20H29F3N2P2. The van der Waals surface area contributed by atoms with Gasteiger partial charge in [-0.3, -0.25) is 9.80 Å². The van der Waals surface area contributed by atoms with Crippen LogP contribution in [0.15, 0.2) is 24.3 Å². The van der Waals surface area contributed by atoms with Crippen LogP contribution >= 0.6 is 16.8 Å². The van der Waals surface area contributed by atoms with Crippen LogP contribution in [0.4, 0.5) is 13.2 Å².